The molecule has 0 spiro atoms. The van der Waals surface area contributed by atoms with Crippen molar-refractivity contribution in [2.24, 2.45) is 0 Å². The summed E-state index contributed by atoms with van der Waals surface area (Å²) in [5, 5.41) is 2.46. The van der Waals surface area contributed by atoms with Crippen LogP contribution in [-0.2, 0) is 4.74 Å². The molecule has 252 valence electrons. The van der Waals surface area contributed by atoms with Gasteiger partial charge in [0.25, 0.3) is 0 Å². The molecule has 2 aromatic carbocycles. The molecule has 2 atom stereocenters. The first kappa shape index (κ1) is 33.9. The monoisotopic (exact) mass is 665 g/mol. The number of rotatable bonds is 5. The standard InChI is InChI=1S/C39H48FN5O2Si/c1-24(2)48(25(3)4,26(5)6)19-18-28-13-10-12-27-14-11-15-31(33(27)28)35-34(40)36-32(20-41-35)37(43-23-42-36)44-21-29-16-17-30(22-44)45(29)38(46)47-39(7,8)9/h10-15,20,23-26,29-30H,16-17,21-22H2,1-9H3. The largest absolute Gasteiger partial charge is 0.444 e. The minimum atomic E-state index is -1.99. The van der Waals surface area contributed by atoms with Crippen molar-refractivity contribution in [3.05, 3.63) is 60.3 Å². The van der Waals surface area contributed by atoms with Crippen molar-refractivity contribution in [1.29, 1.82) is 0 Å². The van der Waals surface area contributed by atoms with Crippen LogP contribution in [0.25, 0.3) is 32.9 Å². The van der Waals surface area contributed by atoms with E-state index in [0.29, 0.717) is 46.5 Å². The fraction of sp³-hybridized carbons (Fsp3) is 0.487. The van der Waals surface area contributed by atoms with Crippen LogP contribution in [0.15, 0.2) is 48.9 Å². The van der Waals surface area contributed by atoms with Crippen molar-refractivity contribution < 1.29 is 13.9 Å². The van der Waals surface area contributed by atoms with Crippen molar-refractivity contribution in [3.8, 4) is 22.7 Å². The molecule has 4 heterocycles. The fourth-order valence-corrected chi connectivity index (χ4v) is 13.6. The average Bonchev–Trinajstić information content (AvgIpc) is 3.29. The molecule has 0 radical (unpaired) electrons. The smallest absolute Gasteiger partial charge is 0.410 e. The SMILES string of the molecule is CC(C)[Si](C#Cc1cccc2cccc(-c3ncc4c(N5CC6CCC(C5)N6C(=O)OC(C)(C)C)ncnc4c3F)c12)(C(C)C)C(C)C. The second-order valence-corrected chi connectivity index (χ2v) is 21.0. The lowest BCUT2D eigenvalue weighted by atomic mass is 9.97. The Hall–Kier alpha value is -4.03. The van der Waals surface area contributed by atoms with E-state index in [1.807, 2.05) is 62.1 Å². The Morgan fingerprint density at radius 3 is 2.17 bits per heavy atom. The average molecular weight is 666 g/mol. The van der Waals surface area contributed by atoms with Gasteiger partial charge in [-0.05, 0) is 61.7 Å². The first-order valence-corrected chi connectivity index (χ1v) is 19.6. The lowest BCUT2D eigenvalue weighted by Crippen LogP contribution is -2.57. The van der Waals surface area contributed by atoms with Crippen molar-refractivity contribution >= 4 is 41.7 Å². The number of benzene rings is 2. The molecule has 2 aliphatic rings. The molecule has 48 heavy (non-hydrogen) atoms. The van der Waals surface area contributed by atoms with Crippen LogP contribution < -0.4 is 4.90 Å². The molecule has 7 nitrogen and oxygen atoms in total. The quantitative estimate of drug-likeness (QED) is 0.156. The second kappa shape index (κ2) is 12.8. The van der Waals surface area contributed by atoms with Crippen molar-refractivity contribution in [2.45, 2.75) is 109 Å². The van der Waals surface area contributed by atoms with Gasteiger partial charge in [-0.1, -0.05) is 77.8 Å². The van der Waals surface area contributed by atoms with Gasteiger partial charge in [0.05, 0.1) is 17.5 Å². The summed E-state index contributed by atoms with van der Waals surface area (Å²) in [5.74, 6) is 3.79. The van der Waals surface area contributed by atoms with E-state index in [0.717, 1.165) is 29.2 Å². The third kappa shape index (κ3) is 5.93. The number of pyridine rings is 1. The Balaban J connectivity index is 1.40. The van der Waals surface area contributed by atoms with E-state index < -0.39 is 19.5 Å². The van der Waals surface area contributed by atoms with E-state index in [4.69, 9.17) is 9.72 Å². The van der Waals surface area contributed by atoms with E-state index in [1.54, 1.807) is 6.20 Å². The minimum Gasteiger partial charge on any atom is -0.444 e. The van der Waals surface area contributed by atoms with Crippen LogP contribution in [0, 0.1) is 17.3 Å². The molecule has 9 heteroatoms. The Labute approximate surface area is 285 Å². The summed E-state index contributed by atoms with van der Waals surface area (Å²) >= 11 is 0. The van der Waals surface area contributed by atoms with E-state index in [2.05, 4.69) is 67.9 Å². The number of piperazine rings is 1. The van der Waals surface area contributed by atoms with Crippen molar-refractivity contribution in [3.63, 3.8) is 0 Å². The Kier molecular flexibility index (Phi) is 9.01. The molecule has 0 saturated carbocycles. The minimum absolute atomic E-state index is 0.000192. The molecule has 0 aliphatic carbocycles. The zero-order chi connectivity index (χ0) is 34.5. The molecule has 2 bridgehead atoms. The number of nitrogens with zero attached hydrogens (tertiary/aromatic N) is 5. The molecule has 0 N–H and O–H groups in total. The predicted octanol–water partition coefficient (Wildman–Crippen LogP) is 9.14. The van der Waals surface area contributed by atoms with Crippen LogP contribution in [-0.4, -0.2) is 64.8 Å². The van der Waals surface area contributed by atoms with Gasteiger partial charge < -0.3 is 9.64 Å². The summed E-state index contributed by atoms with van der Waals surface area (Å²) in [6.07, 6.45) is 4.64. The number of amides is 1. The molecule has 2 aromatic heterocycles. The van der Waals surface area contributed by atoms with Crippen LogP contribution >= 0.6 is 0 Å². The number of carbonyl (C=O) groups is 1. The normalized spacial score (nSPS) is 18.3. The van der Waals surface area contributed by atoms with Gasteiger partial charge in [0, 0.05) is 35.8 Å². The van der Waals surface area contributed by atoms with E-state index in [9.17, 15) is 4.79 Å². The van der Waals surface area contributed by atoms with Crippen LogP contribution in [0.4, 0.5) is 15.0 Å². The van der Waals surface area contributed by atoms with Crippen LogP contribution in [0.1, 0.15) is 80.7 Å². The first-order valence-electron chi connectivity index (χ1n) is 17.3. The van der Waals surface area contributed by atoms with Gasteiger partial charge in [-0.3, -0.25) is 9.88 Å². The maximum Gasteiger partial charge on any atom is 0.410 e. The van der Waals surface area contributed by atoms with Crippen molar-refractivity contribution in [1.82, 2.24) is 19.9 Å². The maximum absolute atomic E-state index is 16.7. The third-order valence-electron chi connectivity index (χ3n) is 10.4. The molecule has 6 rings (SSSR count). The summed E-state index contributed by atoms with van der Waals surface area (Å²) < 4.78 is 22.4. The van der Waals surface area contributed by atoms with Gasteiger partial charge in [-0.2, -0.15) is 0 Å². The van der Waals surface area contributed by atoms with Crippen LogP contribution in [0.5, 0.6) is 0 Å². The number of anilines is 1. The van der Waals surface area contributed by atoms with E-state index in [-0.39, 0.29) is 29.4 Å². The number of carbonyl (C=O) groups excluding carboxylic acids is 1. The van der Waals surface area contributed by atoms with Crippen LogP contribution in [0.2, 0.25) is 16.6 Å². The van der Waals surface area contributed by atoms with Gasteiger partial charge in [0.2, 0.25) is 0 Å². The number of hydrogen-bond acceptors (Lipinski definition) is 6. The van der Waals surface area contributed by atoms with Gasteiger partial charge >= 0.3 is 6.09 Å². The summed E-state index contributed by atoms with van der Waals surface area (Å²) in [5.41, 5.74) is 6.89. The molecule has 2 aliphatic heterocycles. The number of hydrogen-bond donors (Lipinski definition) is 0. The highest BCUT2D eigenvalue weighted by molar-refractivity contribution is 6.90. The topological polar surface area (TPSA) is 71.5 Å². The summed E-state index contributed by atoms with van der Waals surface area (Å²) in [4.78, 5) is 30.9. The highest BCUT2D eigenvalue weighted by atomic mass is 28.3. The molecular formula is C39H48FN5O2Si. The maximum atomic E-state index is 16.7. The molecular weight excluding hydrogens is 618 g/mol. The zero-order valence-electron chi connectivity index (χ0n) is 29.8. The molecule has 2 fully saturated rings. The third-order valence-corrected chi connectivity index (χ3v) is 16.7. The first-order chi connectivity index (χ1) is 22.7. The molecule has 2 saturated heterocycles. The number of fused-ring (bicyclic) bond motifs is 4. The molecule has 2 unspecified atom stereocenters. The zero-order valence-corrected chi connectivity index (χ0v) is 30.8. The fourth-order valence-electron chi connectivity index (χ4n) is 8.36. The number of ether oxygens (including phenoxy) is 1. The lowest BCUT2D eigenvalue weighted by molar-refractivity contribution is 0.0123. The van der Waals surface area contributed by atoms with E-state index >= 15 is 4.39 Å². The Bertz CT molecular complexity index is 1880. The summed E-state index contributed by atoms with van der Waals surface area (Å²) in [6, 6.07) is 12.0. The lowest BCUT2D eigenvalue weighted by Gasteiger charge is -2.42. The van der Waals surface area contributed by atoms with Crippen LogP contribution in [0.3, 0.4) is 0 Å². The van der Waals surface area contributed by atoms with Gasteiger partial charge in [-0.25, -0.2) is 19.2 Å². The van der Waals surface area contributed by atoms with Gasteiger partial charge in [0.15, 0.2) is 5.82 Å². The highest BCUT2D eigenvalue weighted by Crippen LogP contribution is 2.42. The summed E-state index contributed by atoms with van der Waals surface area (Å²) in [7, 11) is -1.99. The number of halogens is 1. The summed E-state index contributed by atoms with van der Waals surface area (Å²) in [6.45, 7) is 20.7. The highest BCUT2D eigenvalue weighted by Gasteiger charge is 2.45. The molecule has 1 amide bonds. The van der Waals surface area contributed by atoms with Crippen molar-refractivity contribution in [2.75, 3.05) is 18.0 Å². The Morgan fingerprint density at radius 1 is 0.938 bits per heavy atom. The second-order valence-electron chi connectivity index (χ2n) is 15.4. The van der Waals surface area contributed by atoms with Gasteiger partial charge in [0.1, 0.15) is 37.0 Å². The van der Waals surface area contributed by atoms with E-state index in [1.165, 1.54) is 6.33 Å². The predicted molar refractivity (Wildman–Crippen MR) is 195 cm³/mol. The number of aromatic nitrogens is 3. The molecule has 4 aromatic rings. The van der Waals surface area contributed by atoms with Gasteiger partial charge in [-0.15, -0.1) is 5.54 Å². The Morgan fingerprint density at radius 2 is 1.56 bits per heavy atom.